The molecule has 2 N–H and O–H groups in total. The first-order valence-corrected chi connectivity index (χ1v) is 5.68. The van der Waals surface area contributed by atoms with Crippen molar-refractivity contribution >= 4 is 5.78 Å². The Labute approximate surface area is 87.6 Å². The maximum atomic E-state index is 11.7. The monoisotopic (exact) mass is 197 g/mol. The molecule has 0 fully saturated rings. The molecule has 0 saturated carbocycles. The number of Topliss-reactive ketones (excluding diaryl/α,β-unsaturated/α-hetero) is 1. The summed E-state index contributed by atoms with van der Waals surface area (Å²) in [5.41, 5.74) is 6.40. The number of carbonyl (C=O) groups is 1. The molecule has 0 unspecified atom stereocenters. The molecule has 0 bridgehead atoms. The zero-order valence-corrected chi connectivity index (χ0v) is 9.51. The molecule has 0 heterocycles. The Morgan fingerprint density at radius 2 is 1.93 bits per heavy atom. The van der Waals surface area contributed by atoms with E-state index in [2.05, 4.69) is 19.9 Å². The van der Waals surface area contributed by atoms with E-state index >= 15 is 0 Å². The van der Waals surface area contributed by atoms with Gasteiger partial charge >= 0.3 is 0 Å². The quantitative estimate of drug-likeness (QED) is 0.480. The molecule has 0 radical (unpaired) electrons. The second kappa shape index (κ2) is 8.95. The zero-order chi connectivity index (χ0) is 10.8. The first-order valence-electron chi connectivity index (χ1n) is 5.68. The summed E-state index contributed by atoms with van der Waals surface area (Å²) in [7, 11) is 0. The molecular formula is C12H23NO. The van der Waals surface area contributed by atoms with Crippen LogP contribution in [0, 0.1) is 0 Å². The van der Waals surface area contributed by atoms with Gasteiger partial charge in [0.25, 0.3) is 0 Å². The maximum absolute atomic E-state index is 11.7. The molecule has 0 aliphatic carbocycles. The Kier molecular flexibility index (Phi) is 8.54. The molecule has 0 spiro atoms. The third kappa shape index (κ3) is 5.92. The Bertz CT molecular complexity index is 185. The average molecular weight is 197 g/mol. The van der Waals surface area contributed by atoms with E-state index in [0.717, 1.165) is 37.7 Å². The largest absolute Gasteiger partial charge is 0.330 e. The summed E-state index contributed by atoms with van der Waals surface area (Å²) in [4.78, 5) is 11.7. The topological polar surface area (TPSA) is 43.1 Å². The third-order valence-electron chi connectivity index (χ3n) is 2.19. The fraction of sp³-hybridized carbons (Fsp3) is 0.750. The number of hydrogen-bond acceptors (Lipinski definition) is 2. The molecule has 0 amide bonds. The van der Waals surface area contributed by atoms with Gasteiger partial charge in [0.15, 0.2) is 5.78 Å². The fourth-order valence-corrected chi connectivity index (χ4v) is 1.46. The fourth-order valence-electron chi connectivity index (χ4n) is 1.46. The van der Waals surface area contributed by atoms with Gasteiger partial charge in [0.2, 0.25) is 0 Å². The van der Waals surface area contributed by atoms with Crippen LogP contribution in [0.3, 0.4) is 0 Å². The van der Waals surface area contributed by atoms with E-state index in [0.29, 0.717) is 18.7 Å². The molecule has 82 valence electrons. The number of carbonyl (C=O) groups excluding carboxylic acids is 1. The minimum Gasteiger partial charge on any atom is -0.330 e. The molecular weight excluding hydrogens is 174 g/mol. The zero-order valence-electron chi connectivity index (χ0n) is 9.51. The highest BCUT2D eigenvalue weighted by Crippen LogP contribution is 2.11. The smallest absolute Gasteiger partial charge is 0.158 e. The standard InChI is InChI=1S/C12H23NO/c1-3-7-11(8-4-2)12(14)9-5-6-10-13/h7H,3-6,8-10,13H2,1-2H3/b11-7+. The van der Waals surface area contributed by atoms with E-state index in [-0.39, 0.29) is 0 Å². The van der Waals surface area contributed by atoms with Crippen LogP contribution in [0.1, 0.15) is 52.4 Å². The van der Waals surface area contributed by atoms with Gasteiger partial charge in [0.05, 0.1) is 0 Å². The van der Waals surface area contributed by atoms with Crippen LogP contribution in [0.5, 0.6) is 0 Å². The average Bonchev–Trinajstić information content (AvgIpc) is 2.18. The molecule has 0 aromatic rings. The van der Waals surface area contributed by atoms with Crippen LogP contribution in [0.2, 0.25) is 0 Å². The molecule has 0 aromatic heterocycles. The van der Waals surface area contributed by atoms with Crippen LogP contribution in [-0.2, 0) is 4.79 Å². The Hall–Kier alpha value is -0.630. The lowest BCUT2D eigenvalue weighted by atomic mass is 10.0. The Balaban J connectivity index is 3.96. The van der Waals surface area contributed by atoms with Gasteiger partial charge in [-0.3, -0.25) is 4.79 Å². The number of unbranched alkanes of at least 4 members (excludes halogenated alkanes) is 1. The molecule has 0 saturated heterocycles. The second-order valence-electron chi connectivity index (χ2n) is 3.56. The number of nitrogens with two attached hydrogens (primary N) is 1. The van der Waals surface area contributed by atoms with Gasteiger partial charge in [-0.1, -0.05) is 26.3 Å². The number of allylic oxidation sites excluding steroid dienone is 2. The summed E-state index contributed by atoms with van der Waals surface area (Å²) in [6.07, 6.45) is 7.55. The Morgan fingerprint density at radius 1 is 1.21 bits per heavy atom. The minimum absolute atomic E-state index is 0.321. The van der Waals surface area contributed by atoms with E-state index in [9.17, 15) is 4.79 Å². The van der Waals surface area contributed by atoms with Crippen molar-refractivity contribution in [2.75, 3.05) is 6.54 Å². The second-order valence-corrected chi connectivity index (χ2v) is 3.56. The van der Waals surface area contributed by atoms with Crippen LogP contribution >= 0.6 is 0 Å². The summed E-state index contributed by atoms with van der Waals surface area (Å²) in [5, 5.41) is 0. The predicted molar refractivity (Wildman–Crippen MR) is 61.2 cm³/mol. The number of ketones is 1. The summed E-state index contributed by atoms with van der Waals surface area (Å²) in [5.74, 6) is 0.321. The lowest BCUT2D eigenvalue weighted by Crippen LogP contribution is -2.05. The van der Waals surface area contributed by atoms with Crippen molar-refractivity contribution in [2.45, 2.75) is 52.4 Å². The van der Waals surface area contributed by atoms with Crippen LogP contribution in [-0.4, -0.2) is 12.3 Å². The number of hydrogen-bond donors (Lipinski definition) is 1. The van der Waals surface area contributed by atoms with Crippen molar-refractivity contribution in [3.8, 4) is 0 Å². The molecule has 0 aliphatic rings. The highest BCUT2D eigenvalue weighted by molar-refractivity contribution is 5.95. The lowest BCUT2D eigenvalue weighted by molar-refractivity contribution is -0.115. The van der Waals surface area contributed by atoms with Gasteiger partial charge in [0.1, 0.15) is 0 Å². The van der Waals surface area contributed by atoms with E-state index < -0.39 is 0 Å². The normalized spacial score (nSPS) is 11.8. The van der Waals surface area contributed by atoms with Crippen LogP contribution in [0.15, 0.2) is 11.6 Å². The molecule has 0 aliphatic heterocycles. The summed E-state index contributed by atoms with van der Waals surface area (Å²) in [6, 6.07) is 0. The van der Waals surface area contributed by atoms with Gasteiger partial charge in [-0.2, -0.15) is 0 Å². The molecule has 2 nitrogen and oxygen atoms in total. The minimum atomic E-state index is 0.321. The van der Waals surface area contributed by atoms with Crippen LogP contribution in [0.4, 0.5) is 0 Å². The Morgan fingerprint density at radius 3 is 2.43 bits per heavy atom. The van der Waals surface area contributed by atoms with Crippen molar-refractivity contribution < 1.29 is 4.79 Å². The van der Waals surface area contributed by atoms with Crippen molar-refractivity contribution in [3.05, 3.63) is 11.6 Å². The van der Waals surface area contributed by atoms with E-state index in [1.54, 1.807) is 0 Å². The first-order chi connectivity index (χ1) is 6.76. The lowest BCUT2D eigenvalue weighted by Gasteiger charge is -2.04. The van der Waals surface area contributed by atoms with Gasteiger partial charge in [-0.15, -0.1) is 0 Å². The molecule has 14 heavy (non-hydrogen) atoms. The van der Waals surface area contributed by atoms with Crippen molar-refractivity contribution in [1.82, 2.24) is 0 Å². The predicted octanol–water partition coefficient (Wildman–Crippen LogP) is 2.82. The summed E-state index contributed by atoms with van der Waals surface area (Å²) < 4.78 is 0. The highest BCUT2D eigenvalue weighted by Gasteiger charge is 2.06. The van der Waals surface area contributed by atoms with Crippen molar-refractivity contribution in [1.29, 1.82) is 0 Å². The first kappa shape index (κ1) is 13.4. The molecule has 2 heteroatoms. The highest BCUT2D eigenvalue weighted by atomic mass is 16.1. The van der Waals surface area contributed by atoms with Crippen LogP contribution < -0.4 is 5.73 Å². The molecule has 0 atom stereocenters. The molecule has 0 rings (SSSR count). The van der Waals surface area contributed by atoms with Gasteiger partial charge in [-0.05, 0) is 37.8 Å². The van der Waals surface area contributed by atoms with Crippen molar-refractivity contribution in [3.63, 3.8) is 0 Å². The van der Waals surface area contributed by atoms with Crippen LogP contribution in [0.25, 0.3) is 0 Å². The maximum Gasteiger partial charge on any atom is 0.158 e. The van der Waals surface area contributed by atoms with Gasteiger partial charge in [-0.25, -0.2) is 0 Å². The summed E-state index contributed by atoms with van der Waals surface area (Å²) >= 11 is 0. The van der Waals surface area contributed by atoms with Gasteiger partial charge in [0, 0.05) is 6.42 Å². The third-order valence-corrected chi connectivity index (χ3v) is 2.19. The van der Waals surface area contributed by atoms with E-state index in [1.807, 2.05) is 0 Å². The molecule has 0 aromatic carbocycles. The van der Waals surface area contributed by atoms with Gasteiger partial charge < -0.3 is 5.73 Å². The SMILES string of the molecule is CC/C=C(\CCC)C(=O)CCCCN. The summed E-state index contributed by atoms with van der Waals surface area (Å²) in [6.45, 7) is 4.87. The van der Waals surface area contributed by atoms with E-state index in [4.69, 9.17) is 5.73 Å². The van der Waals surface area contributed by atoms with Crippen molar-refractivity contribution in [2.24, 2.45) is 5.73 Å². The van der Waals surface area contributed by atoms with E-state index in [1.165, 1.54) is 0 Å². The number of rotatable bonds is 8.